The predicted molar refractivity (Wildman–Crippen MR) is 70.2 cm³/mol. The Morgan fingerprint density at radius 1 is 1.37 bits per heavy atom. The molecule has 102 valence electrons. The summed E-state index contributed by atoms with van der Waals surface area (Å²) in [5.74, 6) is -1.61. The Labute approximate surface area is 113 Å². The molecular formula is C12H13NO5S. The fraction of sp³-hybridized carbons (Fsp3) is 0.250. The van der Waals surface area contributed by atoms with Gasteiger partial charge in [0.2, 0.25) is 5.12 Å². The SMILES string of the molecule is CC(=O)Oc1ccccc1C(=O)SCC(N)C(=O)O. The molecule has 1 rings (SSSR count). The van der Waals surface area contributed by atoms with E-state index in [-0.39, 0.29) is 17.1 Å². The van der Waals surface area contributed by atoms with E-state index < -0.39 is 23.1 Å². The maximum absolute atomic E-state index is 11.9. The number of carboxylic acid groups (broad SMARTS) is 1. The Morgan fingerprint density at radius 2 is 2.00 bits per heavy atom. The number of carbonyl (C=O) groups excluding carboxylic acids is 2. The number of ether oxygens (including phenoxy) is 1. The minimum Gasteiger partial charge on any atom is -0.480 e. The highest BCUT2D eigenvalue weighted by Gasteiger charge is 2.18. The predicted octanol–water partition coefficient (Wildman–Crippen LogP) is 0.897. The summed E-state index contributed by atoms with van der Waals surface area (Å²) in [5.41, 5.74) is 5.51. The van der Waals surface area contributed by atoms with Crippen LogP contribution in [-0.4, -0.2) is 34.0 Å². The van der Waals surface area contributed by atoms with E-state index in [1.165, 1.54) is 19.1 Å². The van der Waals surface area contributed by atoms with Gasteiger partial charge in [0.25, 0.3) is 0 Å². The molecule has 6 nitrogen and oxygen atoms in total. The first-order valence-electron chi connectivity index (χ1n) is 5.34. The third-order valence-corrected chi connectivity index (χ3v) is 3.08. The lowest BCUT2D eigenvalue weighted by atomic mass is 10.2. The van der Waals surface area contributed by atoms with Crippen molar-refractivity contribution in [2.45, 2.75) is 13.0 Å². The second-order valence-electron chi connectivity index (χ2n) is 3.63. The molecular weight excluding hydrogens is 270 g/mol. The number of rotatable bonds is 5. The maximum atomic E-state index is 11.9. The van der Waals surface area contributed by atoms with Gasteiger partial charge in [0.05, 0.1) is 5.56 Å². The van der Waals surface area contributed by atoms with Gasteiger partial charge >= 0.3 is 11.9 Å². The van der Waals surface area contributed by atoms with Crippen molar-refractivity contribution in [3.8, 4) is 5.75 Å². The highest BCUT2D eigenvalue weighted by Crippen LogP contribution is 2.23. The van der Waals surface area contributed by atoms with Crippen molar-refractivity contribution in [1.29, 1.82) is 0 Å². The molecule has 0 aliphatic carbocycles. The summed E-state index contributed by atoms with van der Waals surface area (Å²) >= 11 is 0.771. The molecule has 1 aromatic rings. The van der Waals surface area contributed by atoms with E-state index in [2.05, 4.69) is 0 Å². The van der Waals surface area contributed by atoms with Crippen LogP contribution in [0.15, 0.2) is 24.3 Å². The fourth-order valence-corrected chi connectivity index (χ4v) is 1.99. The number of benzene rings is 1. The van der Waals surface area contributed by atoms with Gasteiger partial charge in [-0.2, -0.15) is 0 Å². The Balaban J connectivity index is 2.76. The van der Waals surface area contributed by atoms with Crippen molar-refractivity contribution in [2.75, 3.05) is 5.75 Å². The summed E-state index contributed by atoms with van der Waals surface area (Å²) in [6, 6.07) is 5.13. The number of esters is 1. The van der Waals surface area contributed by atoms with Crippen LogP contribution in [0.25, 0.3) is 0 Å². The van der Waals surface area contributed by atoms with Crippen LogP contribution in [0.1, 0.15) is 17.3 Å². The minimum atomic E-state index is -1.17. The normalized spacial score (nSPS) is 11.7. The van der Waals surface area contributed by atoms with Crippen LogP contribution in [0.5, 0.6) is 5.75 Å². The number of nitrogens with two attached hydrogens (primary N) is 1. The summed E-state index contributed by atoms with van der Waals surface area (Å²) in [4.78, 5) is 33.3. The molecule has 0 aromatic heterocycles. The van der Waals surface area contributed by atoms with Gasteiger partial charge in [0.1, 0.15) is 11.8 Å². The monoisotopic (exact) mass is 283 g/mol. The Hall–Kier alpha value is -1.86. The number of hydrogen-bond donors (Lipinski definition) is 2. The standard InChI is InChI=1S/C12H13NO5S/c1-7(14)18-10-5-3-2-4-8(10)12(17)19-6-9(13)11(15)16/h2-5,9H,6,13H2,1H3,(H,15,16). The van der Waals surface area contributed by atoms with Gasteiger partial charge in [-0.25, -0.2) is 0 Å². The van der Waals surface area contributed by atoms with Gasteiger partial charge in [-0.05, 0) is 12.1 Å². The van der Waals surface area contributed by atoms with Crippen LogP contribution in [0.2, 0.25) is 0 Å². The second kappa shape index (κ2) is 6.91. The highest BCUT2D eigenvalue weighted by molar-refractivity contribution is 8.14. The average molecular weight is 283 g/mol. The van der Waals surface area contributed by atoms with E-state index in [1.807, 2.05) is 0 Å². The lowest BCUT2D eigenvalue weighted by Gasteiger charge is -2.08. The molecule has 7 heteroatoms. The van der Waals surface area contributed by atoms with Crippen molar-refractivity contribution in [1.82, 2.24) is 0 Å². The van der Waals surface area contributed by atoms with Gasteiger partial charge in [-0.1, -0.05) is 23.9 Å². The van der Waals surface area contributed by atoms with Gasteiger partial charge in [-0.3, -0.25) is 14.4 Å². The molecule has 0 aliphatic rings. The van der Waals surface area contributed by atoms with E-state index in [0.29, 0.717) is 0 Å². The zero-order valence-electron chi connectivity index (χ0n) is 10.2. The summed E-state index contributed by atoms with van der Waals surface area (Å²) in [6.45, 7) is 1.23. The Morgan fingerprint density at radius 3 is 2.58 bits per heavy atom. The number of carboxylic acids is 1. The van der Waals surface area contributed by atoms with E-state index in [4.69, 9.17) is 15.6 Å². The first-order valence-corrected chi connectivity index (χ1v) is 6.33. The molecule has 0 aliphatic heterocycles. The van der Waals surface area contributed by atoms with E-state index in [0.717, 1.165) is 11.8 Å². The largest absolute Gasteiger partial charge is 0.480 e. The van der Waals surface area contributed by atoms with E-state index >= 15 is 0 Å². The molecule has 0 saturated heterocycles. The van der Waals surface area contributed by atoms with Crippen LogP contribution in [0, 0.1) is 0 Å². The summed E-state index contributed by atoms with van der Waals surface area (Å²) in [7, 11) is 0. The lowest BCUT2D eigenvalue weighted by molar-refractivity contribution is -0.138. The number of hydrogen-bond acceptors (Lipinski definition) is 6. The third kappa shape index (κ3) is 4.72. The second-order valence-corrected chi connectivity index (χ2v) is 4.63. The molecule has 0 spiro atoms. The smallest absolute Gasteiger partial charge is 0.321 e. The fourth-order valence-electron chi connectivity index (χ4n) is 1.19. The third-order valence-electron chi connectivity index (χ3n) is 2.07. The van der Waals surface area contributed by atoms with Crippen LogP contribution in [0.3, 0.4) is 0 Å². The van der Waals surface area contributed by atoms with Crippen LogP contribution in [-0.2, 0) is 9.59 Å². The Bertz CT molecular complexity index is 503. The minimum absolute atomic E-state index is 0.0530. The molecule has 3 N–H and O–H groups in total. The molecule has 1 aromatic carbocycles. The first kappa shape index (κ1) is 15.2. The van der Waals surface area contributed by atoms with Crippen LogP contribution in [0.4, 0.5) is 0 Å². The molecule has 19 heavy (non-hydrogen) atoms. The summed E-state index contributed by atoms with van der Waals surface area (Å²) in [5, 5.41) is 8.23. The van der Waals surface area contributed by atoms with Crippen molar-refractivity contribution < 1.29 is 24.2 Å². The highest BCUT2D eigenvalue weighted by atomic mass is 32.2. The van der Waals surface area contributed by atoms with E-state index in [1.54, 1.807) is 12.1 Å². The number of thioether (sulfide) groups is 1. The lowest BCUT2D eigenvalue weighted by Crippen LogP contribution is -2.32. The summed E-state index contributed by atoms with van der Waals surface area (Å²) in [6.07, 6.45) is 0. The quantitative estimate of drug-likeness (QED) is 0.610. The van der Waals surface area contributed by atoms with Gasteiger partial charge in [0, 0.05) is 12.7 Å². The molecule has 0 saturated carbocycles. The number of carbonyl (C=O) groups is 3. The van der Waals surface area contributed by atoms with Crippen LogP contribution < -0.4 is 10.5 Å². The molecule has 0 fully saturated rings. The zero-order valence-corrected chi connectivity index (χ0v) is 11.0. The molecule has 1 atom stereocenters. The molecule has 0 bridgehead atoms. The van der Waals surface area contributed by atoms with Crippen molar-refractivity contribution in [3.63, 3.8) is 0 Å². The molecule has 0 radical (unpaired) electrons. The zero-order chi connectivity index (χ0) is 14.4. The summed E-state index contributed by atoms with van der Waals surface area (Å²) < 4.78 is 4.90. The van der Waals surface area contributed by atoms with Gasteiger partial charge < -0.3 is 15.6 Å². The number of aliphatic carboxylic acids is 1. The van der Waals surface area contributed by atoms with Crippen LogP contribution >= 0.6 is 11.8 Å². The molecule has 0 heterocycles. The van der Waals surface area contributed by atoms with Crippen molar-refractivity contribution >= 4 is 28.8 Å². The van der Waals surface area contributed by atoms with Crippen molar-refractivity contribution in [3.05, 3.63) is 29.8 Å². The molecule has 0 amide bonds. The first-order chi connectivity index (χ1) is 8.91. The van der Waals surface area contributed by atoms with Crippen molar-refractivity contribution in [2.24, 2.45) is 5.73 Å². The number of para-hydroxylation sites is 1. The Kier molecular flexibility index (Phi) is 5.53. The van der Waals surface area contributed by atoms with Gasteiger partial charge in [0.15, 0.2) is 0 Å². The average Bonchev–Trinajstić information content (AvgIpc) is 2.35. The molecule has 1 unspecified atom stereocenters. The maximum Gasteiger partial charge on any atom is 0.321 e. The topological polar surface area (TPSA) is 107 Å². The van der Waals surface area contributed by atoms with Gasteiger partial charge in [-0.15, -0.1) is 0 Å². The van der Waals surface area contributed by atoms with E-state index in [9.17, 15) is 14.4 Å².